The number of methoxy groups -OCH3 is 1. The first-order valence-electron chi connectivity index (χ1n) is 11.8. The lowest BCUT2D eigenvalue weighted by molar-refractivity contribution is -0.119. The fraction of sp³-hybridized carbons (Fsp3) is 0.321. The van der Waals surface area contributed by atoms with Crippen LogP contribution in [0.1, 0.15) is 28.7 Å². The van der Waals surface area contributed by atoms with Gasteiger partial charge in [-0.05, 0) is 68.3 Å². The van der Waals surface area contributed by atoms with Gasteiger partial charge in [0.15, 0.2) is 0 Å². The van der Waals surface area contributed by atoms with Crippen molar-refractivity contribution in [1.82, 2.24) is 5.32 Å². The van der Waals surface area contributed by atoms with Crippen LogP contribution in [0.4, 0.5) is 5.69 Å². The minimum absolute atomic E-state index is 0.122. The van der Waals surface area contributed by atoms with Crippen LogP contribution in [0.15, 0.2) is 71.6 Å². The van der Waals surface area contributed by atoms with Gasteiger partial charge in [-0.25, -0.2) is 8.42 Å². The number of hydrogen-bond donors (Lipinski definition) is 1. The second-order valence-corrected chi connectivity index (χ2v) is 11.7. The average Bonchev–Trinajstić information content (AvgIpc) is 2.85. The zero-order chi connectivity index (χ0) is 26.1. The highest BCUT2D eigenvalue weighted by atomic mass is 32.2. The van der Waals surface area contributed by atoms with Crippen molar-refractivity contribution in [1.29, 1.82) is 0 Å². The fourth-order valence-electron chi connectivity index (χ4n) is 3.71. The van der Waals surface area contributed by atoms with Gasteiger partial charge in [0.1, 0.15) is 12.3 Å². The predicted octanol–water partition coefficient (Wildman–Crippen LogP) is 5.26. The molecule has 1 amide bonds. The normalized spacial score (nSPS) is 11.2. The zero-order valence-electron chi connectivity index (χ0n) is 21.3. The third-order valence-corrected chi connectivity index (χ3v) is 8.53. The maximum absolute atomic E-state index is 13.6. The molecular weight excluding hydrogens is 492 g/mol. The highest BCUT2D eigenvalue weighted by molar-refractivity contribution is 7.98. The first kappa shape index (κ1) is 27.6. The van der Waals surface area contributed by atoms with Crippen molar-refractivity contribution in [2.45, 2.75) is 37.8 Å². The van der Waals surface area contributed by atoms with Crippen LogP contribution in [0, 0.1) is 20.8 Å². The number of carbonyl (C=O) groups is 1. The van der Waals surface area contributed by atoms with Gasteiger partial charge in [-0.15, -0.1) is 0 Å². The van der Waals surface area contributed by atoms with E-state index in [0.717, 1.165) is 33.4 Å². The molecule has 0 unspecified atom stereocenters. The summed E-state index contributed by atoms with van der Waals surface area (Å²) in [6.07, 6.45) is 0.792. The van der Waals surface area contributed by atoms with E-state index in [1.54, 1.807) is 36.4 Å². The molecule has 0 radical (unpaired) electrons. The molecule has 0 spiro atoms. The molecular formula is C28H34N2O4S2. The lowest BCUT2D eigenvalue weighted by Gasteiger charge is -2.26. The summed E-state index contributed by atoms with van der Waals surface area (Å²) < 4.78 is 33.8. The summed E-state index contributed by atoms with van der Waals surface area (Å²) in [7, 11) is -2.51. The first-order valence-corrected chi connectivity index (χ1v) is 14.4. The fourth-order valence-corrected chi connectivity index (χ4v) is 6.04. The number of rotatable bonds is 12. The molecule has 8 heteroatoms. The second kappa shape index (κ2) is 12.8. The van der Waals surface area contributed by atoms with Crippen molar-refractivity contribution in [3.8, 4) is 5.75 Å². The Morgan fingerprint density at radius 2 is 1.64 bits per heavy atom. The molecule has 3 aromatic rings. The zero-order valence-corrected chi connectivity index (χ0v) is 22.9. The number of amides is 1. The highest BCUT2D eigenvalue weighted by Crippen LogP contribution is 2.33. The SMILES string of the molecule is COc1ccc(C)cc1N(CC(=O)NCCCSCc1cccc(C)c1)S(=O)(=O)c1ccc(C)cc1. The van der Waals surface area contributed by atoms with Gasteiger partial charge in [0, 0.05) is 12.3 Å². The van der Waals surface area contributed by atoms with Crippen LogP contribution in [0.25, 0.3) is 0 Å². The van der Waals surface area contributed by atoms with Gasteiger partial charge >= 0.3 is 0 Å². The summed E-state index contributed by atoms with van der Waals surface area (Å²) in [6.45, 7) is 5.98. The number of sulfonamides is 1. The first-order chi connectivity index (χ1) is 17.2. The lowest BCUT2D eigenvalue weighted by Crippen LogP contribution is -2.41. The largest absolute Gasteiger partial charge is 0.495 e. The minimum atomic E-state index is -4.00. The molecule has 0 aliphatic rings. The molecule has 3 aromatic carbocycles. The summed E-state index contributed by atoms with van der Waals surface area (Å²) in [5.74, 6) is 1.84. The summed E-state index contributed by atoms with van der Waals surface area (Å²) >= 11 is 1.81. The smallest absolute Gasteiger partial charge is 0.264 e. The van der Waals surface area contributed by atoms with E-state index in [2.05, 4.69) is 36.5 Å². The highest BCUT2D eigenvalue weighted by Gasteiger charge is 2.29. The van der Waals surface area contributed by atoms with Crippen LogP contribution in [0.3, 0.4) is 0 Å². The number of carbonyl (C=O) groups excluding carboxylic acids is 1. The molecule has 0 heterocycles. The van der Waals surface area contributed by atoms with E-state index in [4.69, 9.17) is 4.74 Å². The number of thioether (sulfide) groups is 1. The van der Waals surface area contributed by atoms with E-state index in [1.165, 1.54) is 18.2 Å². The van der Waals surface area contributed by atoms with Crippen LogP contribution in [-0.2, 0) is 20.6 Å². The molecule has 0 fully saturated rings. The topological polar surface area (TPSA) is 75.7 Å². The van der Waals surface area contributed by atoms with Crippen molar-refractivity contribution < 1.29 is 17.9 Å². The summed E-state index contributed by atoms with van der Waals surface area (Å²) in [6, 6.07) is 20.3. The molecule has 0 saturated heterocycles. The Morgan fingerprint density at radius 1 is 0.944 bits per heavy atom. The molecule has 192 valence electrons. The van der Waals surface area contributed by atoms with E-state index < -0.39 is 10.0 Å². The summed E-state index contributed by atoms with van der Waals surface area (Å²) in [5, 5.41) is 2.88. The van der Waals surface area contributed by atoms with E-state index >= 15 is 0 Å². The Hall–Kier alpha value is -2.97. The van der Waals surface area contributed by atoms with Gasteiger partial charge in [0.25, 0.3) is 10.0 Å². The van der Waals surface area contributed by atoms with Gasteiger partial charge in [0.2, 0.25) is 5.91 Å². The van der Waals surface area contributed by atoms with Gasteiger partial charge < -0.3 is 10.1 Å². The Bertz CT molecular complexity index is 1270. The molecule has 6 nitrogen and oxygen atoms in total. The standard InChI is InChI=1S/C28H34N2O4S2/c1-21-9-12-25(13-10-21)36(32,33)30(26-18-23(3)11-14-27(26)34-4)19-28(31)29-15-6-16-35-20-24-8-5-7-22(2)17-24/h5,7-14,17-18H,6,15-16,19-20H2,1-4H3,(H,29,31). The molecule has 0 bridgehead atoms. The van der Waals surface area contributed by atoms with Crippen LogP contribution >= 0.6 is 11.8 Å². The van der Waals surface area contributed by atoms with Crippen molar-refractivity contribution in [3.05, 3.63) is 89.0 Å². The van der Waals surface area contributed by atoms with Gasteiger partial charge in [-0.2, -0.15) is 11.8 Å². The summed E-state index contributed by atoms with van der Waals surface area (Å²) in [4.78, 5) is 13.0. The Balaban J connectivity index is 1.66. The number of nitrogens with one attached hydrogen (secondary N) is 1. The molecule has 1 N–H and O–H groups in total. The number of nitrogens with zero attached hydrogens (tertiary/aromatic N) is 1. The number of aryl methyl sites for hydroxylation is 3. The van der Waals surface area contributed by atoms with E-state index in [1.807, 2.05) is 31.7 Å². The van der Waals surface area contributed by atoms with Gasteiger partial charge in [0.05, 0.1) is 17.7 Å². The second-order valence-electron chi connectivity index (χ2n) is 8.75. The third kappa shape index (κ3) is 7.51. The van der Waals surface area contributed by atoms with Crippen molar-refractivity contribution in [2.24, 2.45) is 0 Å². The van der Waals surface area contributed by atoms with E-state index in [-0.39, 0.29) is 17.3 Å². The third-order valence-electron chi connectivity index (χ3n) is 5.64. The molecule has 0 atom stereocenters. The number of hydrogen-bond acceptors (Lipinski definition) is 5. The average molecular weight is 527 g/mol. The molecule has 0 aliphatic carbocycles. The molecule has 3 rings (SSSR count). The lowest BCUT2D eigenvalue weighted by atomic mass is 10.2. The Kier molecular flexibility index (Phi) is 9.84. The van der Waals surface area contributed by atoms with Crippen molar-refractivity contribution in [2.75, 3.05) is 30.3 Å². The predicted molar refractivity (Wildman–Crippen MR) is 148 cm³/mol. The van der Waals surface area contributed by atoms with Crippen molar-refractivity contribution in [3.63, 3.8) is 0 Å². The number of anilines is 1. The maximum Gasteiger partial charge on any atom is 0.264 e. The Morgan fingerprint density at radius 3 is 2.33 bits per heavy atom. The van der Waals surface area contributed by atoms with Crippen LogP contribution < -0.4 is 14.4 Å². The molecule has 0 aromatic heterocycles. The quantitative estimate of drug-likeness (QED) is 0.326. The van der Waals surface area contributed by atoms with Gasteiger partial charge in [-0.3, -0.25) is 9.10 Å². The van der Waals surface area contributed by atoms with E-state index in [0.29, 0.717) is 18.0 Å². The van der Waals surface area contributed by atoms with Crippen LogP contribution in [0.2, 0.25) is 0 Å². The van der Waals surface area contributed by atoms with E-state index in [9.17, 15) is 13.2 Å². The van der Waals surface area contributed by atoms with Gasteiger partial charge in [-0.1, -0.05) is 53.6 Å². The molecule has 0 saturated carbocycles. The molecule has 0 aliphatic heterocycles. The van der Waals surface area contributed by atoms with Crippen LogP contribution in [0.5, 0.6) is 5.75 Å². The maximum atomic E-state index is 13.6. The minimum Gasteiger partial charge on any atom is -0.495 e. The number of ether oxygens (including phenoxy) is 1. The Labute approximate surface area is 219 Å². The number of benzene rings is 3. The van der Waals surface area contributed by atoms with Crippen molar-refractivity contribution >= 4 is 33.4 Å². The monoisotopic (exact) mass is 526 g/mol. The molecule has 36 heavy (non-hydrogen) atoms. The summed E-state index contributed by atoms with van der Waals surface area (Å²) in [5.41, 5.74) is 4.68. The van der Waals surface area contributed by atoms with Crippen LogP contribution in [-0.4, -0.2) is 40.3 Å².